The number of hydrogen-bond acceptors (Lipinski definition) is 3. The largest absolute Gasteiger partial charge is 0.358 e. The van der Waals surface area contributed by atoms with Crippen molar-refractivity contribution in [2.45, 2.75) is 31.7 Å². The molecule has 1 aromatic rings. The van der Waals surface area contributed by atoms with Gasteiger partial charge in [0.1, 0.15) is 0 Å². The molecule has 5 heteroatoms. The SMILES string of the molecule is CNC(=O)C(C1CCCC1)N1CCN(C(=O)/C=C/c2ccccc2)CC1. The Morgan fingerprint density at radius 1 is 1.08 bits per heavy atom. The Balaban J connectivity index is 1.56. The highest BCUT2D eigenvalue weighted by Crippen LogP contribution is 2.31. The zero-order valence-corrected chi connectivity index (χ0v) is 15.6. The van der Waals surface area contributed by atoms with Crippen LogP contribution >= 0.6 is 0 Å². The molecule has 2 amide bonds. The van der Waals surface area contributed by atoms with Gasteiger partial charge in [-0.05, 0) is 30.4 Å². The molecule has 1 saturated heterocycles. The second kappa shape index (κ2) is 8.99. The van der Waals surface area contributed by atoms with Crippen LogP contribution in [-0.4, -0.2) is 60.9 Å². The minimum Gasteiger partial charge on any atom is -0.358 e. The average molecular weight is 355 g/mol. The Morgan fingerprint density at radius 2 is 1.73 bits per heavy atom. The molecule has 1 saturated carbocycles. The van der Waals surface area contributed by atoms with Crippen molar-refractivity contribution in [1.82, 2.24) is 15.1 Å². The van der Waals surface area contributed by atoms with Crippen LogP contribution in [0.15, 0.2) is 36.4 Å². The molecular formula is C21H29N3O2. The van der Waals surface area contributed by atoms with Crippen LogP contribution in [0, 0.1) is 5.92 Å². The van der Waals surface area contributed by atoms with Crippen LogP contribution < -0.4 is 5.32 Å². The zero-order valence-electron chi connectivity index (χ0n) is 15.6. The summed E-state index contributed by atoms with van der Waals surface area (Å²) in [7, 11) is 1.72. The highest BCUT2D eigenvalue weighted by molar-refractivity contribution is 5.91. The van der Waals surface area contributed by atoms with Crippen molar-refractivity contribution in [2.24, 2.45) is 5.92 Å². The second-order valence-electron chi connectivity index (χ2n) is 7.21. The van der Waals surface area contributed by atoms with E-state index < -0.39 is 0 Å². The van der Waals surface area contributed by atoms with Gasteiger partial charge >= 0.3 is 0 Å². The molecule has 3 rings (SSSR count). The smallest absolute Gasteiger partial charge is 0.246 e. The maximum absolute atomic E-state index is 12.4. The van der Waals surface area contributed by atoms with Crippen molar-refractivity contribution in [3.63, 3.8) is 0 Å². The molecule has 1 aromatic carbocycles. The average Bonchev–Trinajstić information content (AvgIpc) is 3.21. The van der Waals surface area contributed by atoms with E-state index >= 15 is 0 Å². The first kappa shape index (κ1) is 18.6. The Morgan fingerprint density at radius 3 is 2.35 bits per heavy atom. The summed E-state index contributed by atoms with van der Waals surface area (Å²) in [6.07, 6.45) is 8.23. The Labute approximate surface area is 156 Å². The molecule has 1 unspecified atom stereocenters. The predicted molar refractivity (Wildman–Crippen MR) is 103 cm³/mol. The number of carbonyl (C=O) groups excluding carboxylic acids is 2. The van der Waals surface area contributed by atoms with E-state index in [4.69, 9.17) is 0 Å². The lowest BCUT2D eigenvalue weighted by Crippen LogP contribution is -2.57. The molecule has 1 aliphatic heterocycles. The summed E-state index contributed by atoms with van der Waals surface area (Å²) in [5, 5.41) is 2.84. The number of piperazine rings is 1. The van der Waals surface area contributed by atoms with E-state index in [1.165, 1.54) is 12.8 Å². The number of likely N-dealkylation sites (N-methyl/N-ethyl adjacent to an activating group) is 1. The molecule has 0 spiro atoms. The molecular weight excluding hydrogens is 326 g/mol. The standard InChI is InChI=1S/C21H29N3O2/c1-22-21(26)20(18-9-5-6-10-18)24-15-13-23(14-16-24)19(25)12-11-17-7-3-2-4-8-17/h2-4,7-8,11-12,18,20H,5-6,9-10,13-16H2,1H3,(H,22,26)/b12-11+. The summed E-state index contributed by atoms with van der Waals surface area (Å²) >= 11 is 0. The zero-order chi connectivity index (χ0) is 18.4. The number of amides is 2. The molecule has 0 aromatic heterocycles. The van der Waals surface area contributed by atoms with Gasteiger partial charge in [-0.2, -0.15) is 0 Å². The molecule has 2 fully saturated rings. The normalized spacial score (nSPS) is 20.4. The summed E-state index contributed by atoms with van der Waals surface area (Å²) in [5.74, 6) is 0.627. The van der Waals surface area contributed by atoms with Gasteiger partial charge < -0.3 is 10.2 Å². The van der Waals surface area contributed by atoms with Crippen LogP contribution in [0.25, 0.3) is 6.08 Å². The van der Waals surface area contributed by atoms with Crippen molar-refractivity contribution < 1.29 is 9.59 Å². The first-order valence-corrected chi connectivity index (χ1v) is 9.66. The fourth-order valence-electron chi connectivity index (χ4n) is 4.16. The van der Waals surface area contributed by atoms with E-state index in [0.29, 0.717) is 19.0 Å². The molecule has 140 valence electrons. The molecule has 1 N–H and O–H groups in total. The van der Waals surface area contributed by atoms with Crippen molar-refractivity contribution in [3.8, 4) is 0 Å². The van der Waals surface area contributed by atoms with Crippen LogP contribution in [0.3, 0.4) is 0 Å². The van der Waals surface area contributed by atoms with Gasteiger partial charge in [0.25, 0.3) is 0 Å². The Bertz CT molecular complexity index is 630. The van der Waals surface area contributed by atoms with E-state index in [1.54, 1.807) is 13.1 Å². The van der Waals surface area contributed by atoms with Crippen molar-refractivity contribution >= 4 is 17.9 Å². The lowest BCUT2D eigenvalue weighted by Gasteiger charge is -2.40. The Kier molecular flexibility index (Phi) is 6.45. The lowest BCUT2D eigenvalue weighted by molar-refractivity contribution is -0.131. The monoisotopic (exact) mass is 355 g/mol. The summed E-state index contributed by atoms with van der Waals surface area (Å²) in [6, 6.07) is 9.81. The molecule has 2 aliphatic rings. The molecule has 0 radical (unpaired) electrons. The fraction of sp³-hybridized carbons (Fsp3) is 0.524. The number of nitrogens with zero attached hydrogens (tertiary/aromatic N) is 2. The fourth-order valence-corrected chi connectivity index (χ4v) is 4.16. The van der Waals surface area contributed by atoms with Gasteiger partial charge in [0.2, 0.25) is 11.8 Å². The third-order valence-corrected chi connectivity index (χ3v) is 5.60. The minimum atomic E-state index is -0.0420. The quantitative estimate of drug-likeness (QED) is 0.824. The second-order valence-corrected chi connectivity index (χ2v) is 7.21. The maximum Gasteiger partial charge on any atom is 0.246 e. The van der Waals surface area contributed by atoms with Crippen LogP contribution in [0.5, 0.6) is 0 Å². The maximum atomic E-state index is 12.4. The molecule has 0 bridgehead atoms. The molecule has 26 heavy (non-hydrogen) atoms. The molecule has 1 heterocycles. The van der Waals surface area contributed by atoms with E-state index in [0.717, 1.165) is 31.5 Å². The van der Waals surface area contributed by atoms with Gasteiger partial charge in [-0.25, -0.2) is 0 Å². The summed E-state index contributed by atoms with van der Waals surface area (Å²) < 4.78 is 0. The van der Waals surface area contributed by atoms with Crippen molar-refractivity contribution in [3.05, 3.63) is 42.0 Å². The van der Waals surface area contributed by atoms with Crippen LogP contribution in [0.4, 0.5) is 0 Å². The van der Waals surface area contributed by atoms with Gasteiger partial charge in [-0.3, -0.25) is 14.5 Å². The van der Waals surface area contributed by atoms with Crippen molar-refractivity contribution in [1.29, 1.82) is 0 Å². The summed E-state index contributed by atoms with van der Waals surface area (Å²) in [6.45, 7) is 2.88. The first-order chi connectivity index (χ1) is 12.7. The van der Waals surface area contributed by atoms with E-state index in [-0.39, 0.29) is 17.9 Å². The van der Waals surface area contributed by atoms with Crippen LogP contribution in [0.2, 0.25) is 0 Å². The van der Waals surface area contributed by atoms with Crippen LogP contribution in [-0.2, 0) is 9.59 Å². The van der Waals surface area contributed by atoms with E-state index in [2.05, 4.69) is 10.2 Å². The molecule has 1 aliphatic carbocycles. The third-order valence-electron chi connectivity index (χ3n) is 5.60. The Hall–Kier alpha value is -2.14. The number of hydrogen-bond donors (Lipinski definition) is 1. The van der Waals surface area contributed by atoms with Gasteiger partial charge in [0.15, 0.2) is 0 Å². The highest BCUT2D eigenvalue weighted by atomic mass is 16.2. The summed E-state index contributed by atoms with van der Waals surface area (Å²) in [4.78, 5) is 29.0. The molecule has 1 atom stereocenters. The third kappa shape index (κ3) is 4.52. The van der Waals surface area contributed by atoms with Gasteiger partial charge in [-0.1, -0.05) is 43.2 Å². The highest BCUT2D eigenvalue weighted by Gasteiger charge is 2.36. The topological polar surface area (TPSA) is 52.7 Å². The number of rotatable bonds is 5. The summed E-state index contributed by atoms with van der Waals surface area (Å²) in [5.41, 5.74) is 1.03. The van der Waals surface area contributed by atoms with E-state index in [9.17, 15) is 9.59 Å². The minimum absolute atomic E-state index is 0.0420. The number of nitrogens with one attached hydrogen (secondary N) is 1. The lowest BCUT2D eigenvalue weighted by atomic mass is 9.95. The van der Waals surface area contributed by atoms with E-state index in [1.807, 2.05) is 41.3 Å². The predicted octanol–water partition coefficient (Wildman–Crippen LogP) is 2.15. The van der Waals surface area contributed by atoms with Gasteiger partial charge in [0, 0.05) is 39.3 Å². The number of carbonyl (C=O) groups is 2. The molecule has 5 nitrogen and oxygen atoms in total. The first-order valence-electron chi connectivity index (χ1n) is 9.66. The number of benzene rings is 1. The van der Waals surface area contributed by atoms with Crippen molar-refractivity contribution in [2.75, 3.05) is 33.2 Å². The van der Waals surface area contributed by atoms with Gasteiger partial charge in [0.05, 0.1) is 6.04 Å². The van der Waals surface area contributed by atoms with Crippen LogP contribution in [0.1, 0.15) is 31.2 Å². The van der Waals surface area contributed by atoms with Gasteiger partial charge in [-0.15, -0.1) is 0 Å².